The Balaban J connectivity index is 1.74. The lowest BCUT2D eigenvalue weighted by Crippen LogP contribution is -2.25. The van der Waals surface area contributed by atoms with E-state index in [4.69, 9.17) is 0 Å². The maximum Gasteiger partial charge on any atom is 0.115 e. The van der Waals surface area contributed by atoms with Gasteiger partial charge in [-0.25, -0.2) is 0 Å². The van der Waals surface area contributed by atoms with Crippen molar-refractivity contribution < 1.29 is 5.11 Å². The smallest absolute Gasteiger partial charge is 0.115 e. The summed E-state index contributed by atoms with van der Waals surface area (Å²) < 4.78 is 0. The number of nitrogens with zero attached hydrogens (tertiary/aromatic N) is 1. The van der Waals surface area contributed by atoms with E-state index in [1.807, 2.05) is 19.1 Å². The molecule has 21 heavy (non-hydrogen) atoms. The molecule has 0 fully saturated rings. The maximum absolute atomic E-state index is 9.72. The highest BCUT2D eigenvalue weighted by atomic mass is 16.3. The molecule has 1 atom stereocenters. The standard InChI is InChI=1S/C18H22N2O/c1-12-6-8-15(20-13(12)2)11-19-18-5-3-4-14-7-9-16(21)10-17(14)18/h6-10,18-19,21H,3-5,11H2,1-2H3. The van der Waals surface area contributed by atoms with Crippen LogP contribution in [0.1, 0.15) is 47.0 Å². The number of phenolic OH excluding ortho intramolecular Hbond substituents is 1. The number of rotatable bonds is 3. The van der Waals surface area contributed by atoms with E-state index in [0.717, 1.165) is 30.8 Å². The summed E-state index contributed by atoms with van der Waals surface area (Å²) in [6.07, 6.45) is 3.41. The number of hydrogen-bond donors (Lipinski definition) is 2. The van der Waals surface area contributed by atoms with Gasteiger partial charge in [-0.2, -0.15) is 0 Å². The molecule has 1 heterocycles. The average molecular weight is 282 g/mol. The van der Waals surface area contributed by atoms with Gasteiger partial charge in [0, 0.05) is 18.3 Å². The van der Waals surface area contributed by atoms with Crippen LogP contribution in [0.3, 0.4) is 0 Å². The van der Waals surface area contributed by atoms with E-state index in [-0.39, 0.29) is 0 Å². The first-order chi connectivity index (χ1) is 10.1. The Morgan fingerprint density at radius 2 is 2.10 bits per heavy atom. The topological polar surface area (TPSA) is 45.1 Å². The second-order valence-electron chi connectivity index (χ2n) is 5.91. The average Bonchev–Trinajstić information content (AvgIpc) is 2.48. The van der Waals surface area contributed by atoms with Crippen LogP contribution >= 0.6 is 0 Å². The van der Waals surface area contributed by atoms with Crippen LogP contribution in [0.2, 0.25) is 0 Å². The van der Waals surface area contributed by atoms with E-state index in [1.54, 1.807) is 6.07 Å². The highest BCUT2D eigenvalue weighted by molar-refractivity contribution is 5.38. The summed E-state index contributed by atoms with van der Waals surface area (Å²) in [6, 6.07) is 10.3. The van der Waals surface area contributed by atoms with E-state index in [1.165, 1.54) is 23.1 Å². The fourth-order valence-electron chi connectivity index (χ4n) is 3.01. The van der Waals surface area contributed by atoms with Crippen LogP contribution in [0.4, 0.5) is 0 Å². The van der Waals surface area contributed by atoms with Crippen LogP contribution in [0.5, 0.6) is 5.75 Å². The minimum Gasteiger partial charge on any atom is -0.508 e. The van der Waals surface area contributed by atoms with Crippen LogP contribution in [-0.2, 0) is 13.0 Å². The van der Waals surface area contributed by atoms with Crippen molar-refractivity contribution in [1.29, 1.82) is 0 Å². The number of phenols is 1. The molecule has 0 saturated heterocycles. The first-order valence-corrected chi connectivity index (χ1v) is 7.62. The molecular formula is C18H22N2O. The van der Waals surface area contributed by atoms with Gasteiger partial charge in [-0.05, 0) is 68.0 Å². The number of aromatic nitrogens is 1. The Labute approximate surface area is 126 Å². The summed E-state index contributed by atoms with van der Waals surface area (Å²) in [5.74, 6) is 0.353. The summed E-state index contributed by atoms with van der Waals surface area (Å²) in [4.78, 5) is 4.62. The quantitative estimate of drug-likeness (QED) is 0.904. The van der Waals surface area contributed by atoms with Crippen molar-refractivity contribution in [2.75, 3.05) is 0 Å². The second-order valence-corrected chi connectivity index (χ2v) is 5.91. The zero-order valence-electron chi connectivity index (χ0n) is 12.7. The summed E-state index contributed by atoms with van der Waals surface area (Å²) in [5, 5.41) is 13.3. The van der Waals surface area contributed by atoms with Crippen LogP contribution in [0, 0.1) is 13.8 Å². The van der Waals surface area contributed by atoms with Crippen molar-refractivity contribution in [1.82, 2.24) is 10.3 Å². The fraction of sp³-hybridized carbons (Fsp3) is 0.389. The normalized spacial score (nSPS) is 17.5. The molecule has 1 aromatic carbocycles. The minimum atomic E-state index is 0.309. The molecule has 110 valence electrons. The molecule has 1 aromatic heterocycles. The Hall–Kier alpha value is -1.87. The zero-order chi connectivity index (χ0) is 14.8. The van der Waals surface area contributed by atoms with Gasteiger partial charge in [0.15, 0.2) is 0 Å². The van der Waals surface area contributed by atoms with Gasteiger partial charge in [-0.3, -0.25) is 4.98 Å². The molecule has 1 aliphatic rings. The molecule has 2 aromatic rings. The molecule has 0 amide bonds. The van der Waals surface area contributed by atoms with Crippen molar-refractivity contribution in [2.45, 2.75) is 45.7 Å². The lowest BCUT2D eigenvalue weighted by Gasteiger charge is -2.26. The van der Waals surface area contributed by atoms with Gasteiger partial charge in [-0.1, -0.05) is 12.1 Å². The van der Waals surface area contributed by atoms with Crippen LogP contribution in [0.25, 0.3) is 0 Å². The number of fused-ring (bicyclic) bond motifs is 1. The van der Waals surface area contributed by atoms with E-state index >= 15 is 0 Å². The second kappa shape index (κ2) is 5.86. The fourth-order valence-corrected chi connectivity index (χ4v) is 3.01. The molecule has 0 bridgehead atoms. The summed E-state index contributed by atoms with van der Waals surface area (Å²) >= 11 is 0. The summed E-state index contributed by atoms with van der Waals surface area (Å²) in [5.41, 5.74) is 5.99. The molecule has 0 aliphatic heterocycles. The Bertz CT molecular complexity index is 652. The van der Waals surface area contributed by atoms with Crippen LogP contribution < -0.4 is 5.32 Å². The van der Waals surface area contributed by atoms with Gasteiger partial charge in [0.05, 0.1) is 5.69 Å². The Morgan fingerprint density at radius 1 is 1.24 bits per heavy atom. The third-order valence-corrected chi connectivity index (χ3v) is 4.38. The highest BCUT2D eigenvalue weighted by Crippen LogP contribution is 2.32. The number of pyridine rings is 1. The maximum atomic E-state index is 9.72. The first kappa shape index (κ1) is 14.1. The van der Waals surface area contributed by atoms with E-state index in [9.17, 15) is 5.11 Å². The van der Waals surface area contributed by atoms with Crippen molar-refractivity contribution in [2.24, 2.45) is 0 Å². The van der Waals surface area contributed by atoms with Gasteiger partial charge in [0.2, 0.25) is 0 Å². The monoisotopic (exact) mass is 282 g/mol. The van der Waals surface area contributed by atoms with Gasteiger partial charge in [-0.15, -0.1) is 0 Å². The van der Waals surface area contributed by atoms with Gasteiger partial charge in [0.25, 0.3) is 0 Å². The first-order valence-electron chi connectivity index (χ1n) is 7.62. The third kappa shape index (κ3) is 3.08. The molecule has 1 aliphatic carbocycles. The largest absolute Gasteiger partial charge is 0.508 e. The van der Waals surface area contributed by atoms with Crippen molar-refractivity contribution in [3.8, 4) is 5.75 Å². The Kier molecular flexibility index (Phi) is 3.93. The number of benzene rings is 1. The molecule has 1 unspecified atom stereocenters. The van der Waals surface area contributed by atoms with E-state index in [0.29, 0.717) is 11.8 Å². The zero-order valence-corrected chi connectivity index (χ0v) is 12.7. The van der Waals surface area contributed by atoms with E-state index in [2.05, 4.69) is 29.4 Å². The molecule has 3 nitrogen and oxygen atoms in total. The number of hydrogen-bond acceptors (Lipinski definition) is 3. The minimum absolute atomic E-state index is 0.309. The van der Waals surface area contributed by atoms with Gasteiger partial charge >= 0.3 is 0 Å². The third-order valence-electron chi connectivity index (χ3n) is 4.38. The van der Waals surface area contributed by atoms with Crippen molar-refractivity contribution in [3.05, 3.63) is 58.4 Å². The number of nitrogens with one attached hydrogen (secondary N) is 1. The molecule has 0 radical (unpaired) electrons. The molecular weight excluding hydrogens is 260 g/mol. The van der Waals surface area contributed by atoms with Crippen LogP contribution in [-0.4, -0.2) is 10.1 Å². The molecule has 3 heteroatoms. The SMILES string of the molecule is Cc1ccc(CNC2CCCc3ccc(O)cc32)nc1C. The molecule has 3 rings (SSSR count). The molecule has 2 N–H and O–H groups in total. The summed E-state index contributed by atoms with van der Waals surface area (Å²) in [7, 11) is 0. The Morgan fingerprint density at radius 3 is 2.90 bits per heavy atom. The summed E-state index contributed by atoms with van der Waals surface area (Å²) in [6.45, 7) is 4.90. The lowest BCUT2D eigenvalue weighted by molar-refractivity contribution is 0.444. The highest BCUT2D eigenvalue weighted by Gasteiger charge is 2.20. The number of aromatic hydroxyl groups is 1. The van der Waals surface area contributed by atoms with Crippen molar-refractivity contribution >= 4 is 0 Å². The predicted octanol–water partition coefficient (Wildman–Crippen LogP) is 3.57. The van der Waals surface area contributed by atoms with Crippen LogP contribution in [0.15, 0.2) is 30.3 Å². The van der Waals surface area contributed by atoms with E-state index < -0.39 is 0 Å². The predicted molar refractivity (Wildman–Crippen MR) is 84.3 cm³/mol. The molecule has 0 saturated carbocycles. The molecule has 0 spiro atoms. The number of aryl methyl sites for hydroxylation is 3. The van der Waals surface area contributed by atoms with Crippen molar-refractivity contribution in [3.63, 3.8) is 0 Å². The van der Waals surface area contributed by atoms with Gasteiger partial charge in [0.1, 0.15) is 5.75 Å². The lowest BCUT2D eigenvalue weighted by atomic mass is 9.87. The van der Waals surface area contributed by atoms with Gasteiger partial charge < -0.3 is 10.4 Å².